The standard InChI is InChI=1S/C13H6F6I3O5/c14-12(15,16)11(25,13(17,18)19)10(24)27-2-1-26-9(23)8-6(21)3-5(20)4-7(8)22/h3-4H,1-2H2/q-1. The third-order valence-electron chi connectivity index (χ3n) is 2.85. The van der Waals surface area contributed by atoms with Crippen molar-refractivity contribution in [2.45, 2.75) is 18.0 Å². The summed E-state index contributed by atoms with van der Waals surface area (Å²) in [6.45, 7) is -1.99. The smallest absolute Gasteiger partial charge is 0.399 e. The highest BCUT2D eigenvalue weighted by Gasteiger charge is 2.68. The van der Waals surface area contributed by atoms with Crippen LogP contribution >= 0.6 is 67.8 Å². The summed E-state index contributed by atoms with van der Waals surface area (Å²) in [5.74, 6) is -3.99. The number of ether oxygens (including phenoxy) is 2. The summed E-state index contributed by atoms with van der Waals surface area (Å²) < 4.78 is 84.7. The number of halogens is 9. The fraction of sp³-hybridized carbons (Fsp3) is 0.385. The number of alkyl halides is 6. The van der Waals surface area contributed by atoms with Crippen LogP contribution in [0.4, 0.5) is 26.3 Å². The normalized spacial score (nSPS) is 12.7. The maximum absolute atomic E-state index is 12.4. The first-order valence-electron chi connectivity index (χ1n) is 6.45. The first-order valence-corrected chi connectivity index (χ1v) is 9.69. The molecule has 0 atom stereocenters. The third-order valence-corrected chi connectivity index (χ3v) is 5.17. The van der Waals surface area contributed by atoms with Gasteiger partial charge in [0.1, 0.15) is 13.2 Å². The summed E-state index contributed by atoms with van der Waals surface area (Å²) in [7, 11) is 0. The number of benzene rings is 1. The van der Waals surface area contributed by atoms with Crippen molar-refractivity contribution in [2.75, 3.05) is 13.2 Å². The molecule has 0 aliphatic heterocycles. The molecule has 0 aliphatic carbocycles. The van der Waals surface area contributed by atoms with Crippen molar-refractivity contribution in [3.63, 3.8) is 0 Å². The lowest BCUT2D eigenvalue weighted by Crippen LogP contribution is -2.71. The van der Waals surface area contributed by atoms with Crippen LogP contribution in [0.25, 0.3) is 0 Å². The first kappa shape index (κ1) is 24.9. The lowest BCUT2D eigenvalue weighted by Gasteiger charge is -2.40. The largest absolute Gasteiger partial charge is 0.828 e. The molecule has 0 aliphatic rings. The molecule has 152 valence electrons. The van der Waals surface area contributed by atoms with Gasteiger partial charge in [-0.05, 0) is 79.9 Å². The number of esters is 2. The van der Waals surface area contributed by atoms with Crippen molar-refractivity contribution in [1.82, 2.24) is 0 Å². The van der Waals surface area contributed by atoms with E-state index in [2.05, 4.69) is 9.47 Å². The number of carbonyl (C=O) groups is 2. The Morgan fingerprint density at radius 3 is 1.70 bits per heavy atom. The Labute approximate surface area is 188 Å². The average Bonchev–Trinajstić information content (AvgIpc) is 2.47. The predicted octanol–water partition coefficient (Wildman–Crippen LogP) is 3.42. The van der Waals surface area contributed by atoms with Gasteiger partial charge in [-0.25, -0.2) is 4.79 Å². The van der Waals surface area contributed by atoms with Crippen LogP contribution < -0.4 is 5.11 Å². The summed E-state index contributed by atoms with van der Waals surface area (Å²) >= 11 is 5.68. The van der Waals surface area contributed by atoms with Gasteiger partial charge in [-0.1, -0.05) is 0 Å². The fourth-order valence-electron chi connectivity index (χ4n) is 1.57. The van der Waals surface area contributed by atoms with Crippen LogP contribution in [0.2, 0.25) is 0 Å². The molecular formula is C13H6F6I3O5-. The predicted molar refractivity (Wildman–Crippen MR) is 101 cm³/mol. The van der Waals surface area contributed by atoms with Gasteiger partial charge in [-0.15, -0.1) is 0 Å². The molecule has 0 saturated carbocycles. The van der Waals surface area contributed by atoms with Crippen molar-refractivity contribution >= 4 is 79.7 Å². The van der Waals surface area contributed by atoms with Crippen molar-refractivity contribution in [3.05, 3.63) is 28.4 Å². The highest BCUT2D eigenvalue weighted by Crippen LogP contribution is 2.41. The zero-order chi connectivity index (χ0) is 21.2. The molecule has 27 heavy (non-hydrogen) atoms. The maximum Gasteiger partial charge on any atom is 0.399 e. The Morgan fingerprint density at radius 1 is 0.889 bits per heavy atom. The molecule has 0 fully saturated rings. The van der Waals surface area contributed by atoms with Gasteiger partial charge in [0.25, 0.3) is 0 Å². The highest BCUT2D eigenvalue weighted by molar-refractivity contribution is 14.1. The molecular weight excluding hydrogens is 731 g/mol. The van der Waals surface area contributed by atoms with Crippen molar-refractivity contribution in [1.29, 1.82) is 0 Å². The van der Waals surface area contributed by atoms with Crippen LogP contribution in [-0.4, -0.2) is 43.1 Å². The van der Waals surface area contributed by atoms with E-state index in [-0.39, 0.29) is 5.56 Å². The van der Waals surface area contributed by atoms with Gasteiger partial charge in [0.2, 0.25) is 0 Å². The van der Waals surface area contributed by atoms with Crippen molar-refractivity contribution in [2.24, 2.45) is 0 Å². The van der Waals surface area contributed by atoms with Gasteiger partial charge >= 0.3 is 24.3 Å². The van der Waals surface area contributed by atoms with Gasteiger partial charge in [0, 0.05) is 10.7 Å². The Morgan fingerprint density at radius 2 is 1.30 bits per heavy atom. The molecule has 1 aromatic carbocycles. The third kappa shape index (κ3) is 5.71. The van der Waals surface area contributed by atoms with E-state index in [9.17, 15) is 41.0 Å². The highest BCUT2D eigenvalue weighted by atomic mass is 127. The molecule has 0 amide bonds. The molecule has 0 unspecified atom stereocenters. The summed E-state index contributed by atoms with van der Waals surface area (Å²) in [4.78, 5) is 23.1. The Hall–Kier alpha value is -0.110. The summed E-state index contributed by atoms with van der Waals surface area (Å²) in [6.07, 6.45) is -12.9. The van der Waals surface area contributed by atoms with Crippen LogP contribution in [0.3, 0.4) is 0 Å². The Kier molecular flexibility index (Phi) is 8.44. The topological polar surface area (TPSA) is 75.7 Å². The quantitative estimate of drug-likeness (QED) is 0.201. The monoisotopic (exact) mass is 737 g/mol. The number of carbonyl (C=O) groups excluding carboxylic acids is 2. The molecule has 0 heterocycles. The lowest BCUT2D eigenvalue weighted by molar-refractivity contribution is -0.574. The average molecular weight is 737 g/mol. The van der Waals surface area contributed by atoms with Gasteiger partial charge in [0.05, 0.1) is 5.56 Å². The maximum atomic E-state index is 12.4. The second kappa shape index (κ2) is 9.14. The van der Waals surface area contributed by atoms with E-state index in [1.807, 2.05) is 67.8 Å². The minimum atomic E-state index is -6.45. The van der Waals surface area contributed by atoms with E-state index in [0.717, 1.165) is 3.57 Å². The van der Waals surface area contributed by atoms with Gasteiger partial charge in [0.15, 0.2) is 5.60 Å². The van der Waals surface area contributed by atoms with Crippen LogP contribution in [-0.2, 0) is 14.3 Å². The number of rotatable bonds is 5. The van der Waals surface area contributed by atoms with E-state index in [1.54, 1.807) is 12.1 Å². The van der Waals surface area contributed by atoms with Gasteiger partial charge in [-0.2, -0.15) is 26.3 Å². The van der Waals surface area contributed by atoms with Crippen LogP contribution in [0.1, 0.15) is 10.4 Å². The van der Waals surface area contributed by atoms with Crippen LogP contribution in [0, 0.1) is 10.7 Å². The van der Waals surface area contributed by atoms with E-state index < -0.39 is 43.1 Å². The molecule has 0 saturated heterocycles. The van der Waals surface area contributed by atoms with Crippen LogP contribution in [0.15, 0.2) is 12.1 Å². The minimum absolute atomic E-state index is 0.131. The second-order valence-corrected chi connectivity index (χ2v) is 8.26. The first-order chi connectivity index (χ1) is 12.1. The van der Waals surface area contributed by atoms with E-state index >= 15 is 0 Å². The van der Waals surface area contributed by atoms with E-state index in [0.29, 0.717) is 7.14 Å². The lowest BCUT2D eigenvalue weighted by atomic mass is 10.0. The molecule has 14 heteroatoms. The molecule has 0 N–H and O–H groups in total. The molecule has 1 rings (SSSR count). The zero-order valence-corrected chi connectivity index (χ0v) is 19.0. The Bertz CT molecular complexity index is 697. The van der Waals surface area contributed by atoms with Crippen molar-refractivity contribution < 1.29 is 50.5 Å². The van der Waals surface area contributed by atoms with E-state index in [4.69, 9.17) is 0 Å². The number of hydrogen-bond acceptors (Lipinski definition) is 5. The summed E-state index contributed by atoms with van der Waals surface area (Å²) in [5, 5.41) is 11.1. The Balaban J connectivity index is 2.74. The fourth-order valence-corrected chi connectivity index (χ4v) is 5.59. The SMILES string of the molecule is O=C(OCCOC(=O)C([O-])(C(F)(F)F)C(F)(F)F)c1c(I)cc(I)cc1I. The van der Waals surface area contributed by atoms with Gasteiger partial charge in [-0.3, -0.25) is 4.79 Å². The van der Waals surface area contributed by atoms with Crippen molar-refractivity contribution in [3.8, 4) is 0 Å². The molecule has 5 nitrogen and oxygen atoms in total. The van der Waals surface area contributed by atoms with Crippen LogP contribution in [0.5, 0.6) is 0 Å². The molecule has 0 spiro atoms. The molecule has 0 bridgehead atoms. The zero-order valence-electron chi connectivity index (χ0n) is 12.5. The minimum Gasteiger partial charge on any atom is -0.828 e. The molecule has 1 aromatic rings. The second-order valence-electron chi connectivity index (χ2n) is 4.69. The molecule has 0 aromatic heterocycles. The van der Waals surface area contributed by atoms with Gasteiger partial charge < -0.3 is 14.6 Å². The number of hydrogen-bond donors (Lipinski definition) is 0. The molecule has 0 radical (unpaired) electrons. The van der Waals surface area contributed by atoms with E-state index in [1.165, 1.54) is 0 Å². The summed E-state index contributed by atoms with van der Waals surface area (Å²) in [5.41, 5.74) is -5.79. The summed E-state index contributed by atoms with van der Waals surface area (Å²) in [6, 6.07) is 3.27.